The van der Waals surface area contributed by atoms with Crippen LogP contribution >= 0.6 is 0 Å². The molecule has 0 aliphatic rings. The number of sulfonamides is 1. The molecule has 0 radical (unpaired) electrons. The highest BCUT2D eigenvalue weighted by Gasteiger charge is 2.27. The Labute approximate surface area is 193 Å². The highest BCUT2D eigenvalue weighted by atomic mass is 32.2. The zero-order valence-corrected chi connectivity index (χ0v) is 19.4. The minimum absolute atomic E-state index is 0.0870. The van der Waals surface area contributed by atoms with Gasteiger partial charge in [-0.05, 0) is 55.0 Å². The topological polar surface area (TPSA) is 97.3 Å². The highest BCUT2D eigenvalue weighted by molar-refractivity contribution is 7.92. The van der Waals surface area contributed by atoms with Gasteiger partial charge in [-0.15, -0.1) is 0 Å². The van der Waals surface area contributed by atoms with Gasteiger partial charge in [-0.1, -0.05) is 30.3 Å². The number of aryl methyl sites for hydroxylation is 1. The molecule has 0 fully saturated rings. The Bertz CT molecular complexity index is 1240. The van der Waals surface area contributed by atoms with Crippen molar-refractivity contribution in [1.29, 1.82) is 0 Å². The SMILES string of the molecule is COc1ccc(OC)c(/C=N\NC(=O)CN(c2cccc(C)c2)S(=O)(=O)c2ccccc2)c1. The monoisotopic (exact) mass is 467 g/mol. The average molecular weight is 468 g/mol. The number of hydrogen-bond acceptors (Lipinski definition) is 6. The molecule has 0 spiro atoms. The molecule has 0 atom stereocenters. The first-order valence-corrected chi connectivity index (χ1v) is 11.5. The molecule has 0 heterocycles. The number of carbonyl (C=O) groups excluding carboxylic acids is 1. The largest absolute Gasteiger partial charge is 0.497 e. The molecule has 9 heteroatoms. The summed E-state index contributed by atoms with van der Waals surface area (Å²) in [7, 11) is -0.920. The molecular weight excluding hydrogens is 442 g/mol. The van der Waals surface area contributed by atoms with E-state index in [9.17, 15) is 13.2 Å². The molecule has 1 amide bonds. The van der Waals surface area contributed by atoms with Crippen LogP contribution in [0.15, 0.2) is 82.8 Å². The fourth-order valence-electron chi connectivity index (χ4n) is 3.10. The Hall–Kier alpha value is -3.85. The molecule has 33 heavy (non-hydrogen) atoms. The Morgan fingerprint density at radius 3 is 2.42 bits per heavy atom. The molecular formula is C24H25N3O5S. The van der Waals surface area contributed by atoms with E-state index >= 15 is 0 Å². The highest BCUT2D eigenvalue weighted by Crippen LogP contribution is 2.24. The number of methoxy groups -OCH3 is 2. The summed E-state index contributed by atoms with van der Waals surface area (Å²) in [6.07, 6.45) is 1.40. The van der Waals surface area contributed by atoms with Crippen molar-refractivity contribution >= 4 is 27.8 Å². The van der Waals surface area contributed by atoms with Gasteiger partial charge in [0.05, 0.1) is 31.0 Å². The first-order valence-electron chi connectivity index (χ1n) is 10.0. The summed E-state index contributed by atoms with van der Waals surface area (Å²) in [5.74, 6) is 0.541. The van der Waals surface area contributed by atoms with Crippen LogP contribution in [0.4, 0.5) is 5.69 Å². The maximum atomic E-state index is 13.3. The lowest BCUT2D eigenvalue weighted by atomic mass is 10.2. The van der Waals surface area contributed by atoms with Crippen molar-refractivity contribution in [3.8, 4) is 11.5 Å². The minimum Gasteiger partial charge on any atom is -0.497 e. The predicted octanol–water partition coefficient (Wildman–Crippen LogP) is 3.36. The standard InChI is InChI=1S/C24H25N3O5S/c1-18-8-7-9-20(14-18)27(33(29,30)22-10-5-4-6-11-22)17-24(28)26-25-16-19-15-21(31-2)12-13-23(19)32-3/h4-16H,17H2,1-3H3,(H,26,28)/b25-16-. The number of rotatable bonds is 9. The molecule has 0 aliphatic carbocycles. The van der Waals surface area contributed by atoms with E-state index in [-0.39, 0.29) is 4.90 Å². The second-order valence-electron chi connectivity index (χ2n) is 7.06. The molecule has 172 valence electrons. The van der Waals surface area contributed by atoms with Crippen LogP contribution in [0.25, 0.3) is 0 Å². The number of nitrogens with zero attached hydrogens (tertiary/aromatic N) is 2. The Morgan fingerprint density at radius 2 is 1.76 bits per heavy atom. The lowest BCUT2D eigenvalue weighted by Gasteiger charge is -2.24. The van der Waals surface area contributed by atoms with Crippen molar-refractivity contribution in [2.45, 2.75) is 11.8 Å². The van der Waals surface area contributed by atoms with Gasteiger partial charge < -0.3 is 9.47 Å². The van der Waals surface area contributed by atoms with Gasteiger partial charge in [-0.25, -0.2) is 13.8 Å². The molecule has 0 saturated heterocycles. The van der Waals surface area contributed by atoms with Gasteiger partial charge in [-0.2, -0.15) is 5.10 Å². The third kappa shape index (κ3) is 5.89. The lowest BCUT2D eigenvalue weighted by molar-refractivity contribution is -0.119. The van der Waals surface area contributed by atoms with Gasteiger partial charge in [0.1, 0.15) is 18.0 Å². The van der Waals surface area contributed by atoms with E-state index in [1.54, 1.807) is 54.6 Å². The molecule has 0 aromatic heterocycles. The van der Waals surface area contributed by atoms with Crippen molar-refractivity contribution in [3.05, 3.63) is 83.9 Å². The number of benzene rings is 3. The third-order valence-corrected chi connectivity index (χ3v) is 6.53. The summed E-state index contributed by atoms with van der Waals surface area (Å²) in [6, 6.07) is 20.1. The Morgan fingerprint density at radius 1 is 1.00 bits per heavy atom. The Kier molecular flexibility index (Phi) is 7.68. The van der Waals surface area contributed by atoms with Crippen LogP contribution in [-0.2, 0) is 14.8 Å². The number of carbonyl (C=O) groups is 1. The lowest BCUT2D eigenvalue weighted by Crippen LogP contribution is -2.39. The fraction of sp³-hybridized carbons (Fsp3) is 0.167. The van der Waals surface area contributed by atoms with E-state index in [0.29, 0.717) is 22.7 Å². The van der Waals surface area contributed by atoms with Gasteiger partial charge in [0.25, 0.3) is 15.9 Å². The molecule has 8 nitrogen and oxygen atoms in total. The second kappa shape index (κ2) is 10.6. The normalized spacial score (nSPS) is 11.2. The van der Waals surface area contributed by atoms with Crippen LogP contribution in [0.2, 0.25) is 0 Å². The molecule has 3 rings (SSSR count). The van der Waals surface area contributed by atoms with Crippen molar-refractivity contribution in [2.24, 2.45) is 5.10 Å². The minimum atomic E-state index is -3.98. The average Bonchev–Trinajstić information content (AvgIpc) is 2.83. The van der Waals surface area contributed by atoms with E-state index in [1.807, 2.05) is 13.0 Å². The van der Waals surface area contributed by atoms with Crippen LogP contribution in [-0.4, -0.2) is 41.3 Å². The van der Waals surface area contributed by atoms with Crippen molar-refractivity contribution in [2.75, 3.05) is 25.1 Å². The number of anilines is 1. The van der Waals surface area contributed by atoms with Crippen LogP contribution in [0.5, 0.6) is 11.5 Å². The predicted molar refractivity (Wildman–Crippen MR) is 127 cm³/mol. The summed E-state index contributed by atoms with van der Waals surface area (Å²) in [6.45, 7) is 1.40. The van der Waals surface area contributed by atoms with Gasteiger partial charge >= 0.3 is 0 Å². The molecule has 0 aliphatic heterocycles. The summed E-state index contributed by atoms with van der Waals surface area (Å²) in [5.41, 5.74) is 4.22. The zero-order chi connectivity index (χ0) is 23.8. The van der Waals surface area contributed by atoms with Crippen molar-refractivity contribution in [3.63, 3.8) is 0 Å². The van der Waals surface area contributed by atoms with Crippen LogP contribution in [0.3, 0.4) is 0 Å². The molecule has 0 unspecified atom stereocenters. The van der Waals surface area contributed by atoms with E-state index in [2.05, 4.69) is 10.5 Å². The molecule has 0 bridgehead atoms. The smallest absolute Gasteiger partial charge is 0.264 e. The van der Waals surface area contributed by atoms with Crippen LogP contribution < -0.4 is 19.2 Å². The Balaban J connectivity index is 1.84. The summed E-state index contributed by atoms with van der Waals surface area (Å²) in [5, 5.41) is 3.96. The van der Waals surface area contributed by atoms with Gasteiger partial charge in [0, 0.05) is 5.56 Å². The maximum absolute atomic E-state index is 13.3. The number of amides is 1. The van der Waals surface area contributed by atoms with Gasteiger partial charge in [0.15, 0.2) is 0 Å². The molecule has 1 N–H and O–H groups in total. The maximum Gasteiger partial charge on any atom is 0.264 e. The summed E-state index contributed by atoms with van der Waals surface area (Å²) >= 11 is 0. The van der Waals surface area contributed by atoms with Crippen molar-refractivity contribution < 1.29 is 22.7 Å². The summed E-state index contributed by atoms with van der Waals surface area (Å²) in [4.78, 5) is 12.8. The molecule has 3 aromatic rings. The van der Waals surface area contributed by atoms with E-state index < -0.39 is 22.5 Å². The van der Waals surface area contributed by atoms with E-state index in [0.717, 1.165) is 9.87 Å². The number of hydrazone groups is 1. The van der Waals surface area contributed by atoms with Crippen molar-refractivity contribution in [1.82, 2.24) is 5.43 Å². The van der Waals surface area contributed by atoms with Crippen LogP contribution in [0, 0.1) is 6.92 Å². The first-order chi connectivity index (χ1) is 15.8. The number of ether oxygens (including phenoxy) is 2. The molecule has 0 saturated carbocycles. The quantitative estimate of drug-likeness (QED) is 0.384. The van der Waals surface area contributed by atoms with Gasteiger partial charge in [-0.3, -0.25) is 9.10 Å². The number of hydrogen-bond donors (Lipinski definition) is 1. The zero-order valence-electron chi connectivity index (χ0n) is 18.6. The van der Waals surface area contributed by atoms with Crippen LogP contribution in [0.1, 0.15) is 11.1 Å². The fourth-order valence-corrected chi connectivity index (χ4v) is 4.53. The molecule has 3 aromatic carbocycles. The van der Waals surface area contributed by atoms with Gasteiger partial charge in [0.2, 0.25) is 0 Å². The number of nitrogens with one attached hydrogen (secondary N) is 1. The van der Waals surface area contributed by atoms with E-state index in [1.165, 1.54) is 32.6 Å². The van der Waals surface area contributed by atoms with E-state index in [4.69, 9.17) is 9.47 Å². The third-order valence-electron chi connectivity index (χ3n) is 4.74. The second-order valence-corrected chi connectivity index (χ2v) is 8.93. The summed E-state index contributed by atoms with van der Waals surface area (Å²) < 4.78 is 38.2. The first kappa shape index (κ1) is 23.8.